The van der Waals surface area contributed by atoms with E-state index in [0.29, 0.717) is 30.4 Å². The van der Waals surface area contributed by atoms with Gasteiger partial charge in [0.15, 0.2) is 0 Å². The van der Waals surface area contributed by atoms with Crippen molar-refractivity contribution in [1.29, 1.82) is 0 Å². The molecule has 0 spiro atoms. The maximum Gasteiger partial charge on any atom is 0.362 e. The number of halogens is 1. The van der Waals surface area contributed by atoms with Gasteiger partial charge in [-0.1, -0.05) is 18.2 Å². The minimum atomic E-state index is -0.740. The SMILES string of the molecule is CC(N)/C(F)=C1\CCCC1C(=O)NOC(=O)c1ccccc1. The Hall–Kier alpha value is -2.21. The van der Waals surface area contributed by atoms with Crippen molar-refractivity contribution >= 4 is 11.9 Å². The van der Waals surface area contributed by atoms with E-state index >= 15 is 0 Å². The number of rotatable bonds is 3. The smallest absolute Gasteiger partial charge is 0.335 e. The molecule has 0 aromatic heterocycles. The first-order chi connectivity index (χ1) is 10.5. The first-order valence-corrected chi connectivity index (χ1v) is 7.20. The molecule has 1 aromatic rings. The van der Waals surface area contributed by atoms with E-state index in [1.54, 1.807) is 30.3 Å². The Morgan fingerprint density at radius 2 is 2.05 bits per heavy atom. The fourth-order valence-corrected chi connectivity index (χ4v) is 2.51. The molecule has 0 heterocycles. The third-order valence-electron chi connectivity index (χ3n) is 3.64. The van der Waals surface area contributed by atoms with E-state index in [1.807, 2.05) is 0 Å². The van der Waals surface area contributed by atoms with Gasteiger partial charge in [0.25, 0.3) is 5.91 Å². The van der Waals surface area contributed by atoms with Crippen LogP contribution in [-0.2, 0) is 9.63 Å². The number of nitrogens with two attached hydrogens (primary N) is 1. The van der Waals surface area contributed by atoms with Crippen LogP contribution in [0, 0.1) is 5.92 Å². The van der Waals surface area contributed by atoms with Crippen LogP contribution in [0.2, 0.25) is 0 Å². The standard InChI is InChI=1S/C16H19FN2O3/c1-10(18)14(17)12-8-5-9-13(12)15(20)19-22-16(21)11-6-3-2-4-7-11/h2-4,6-7,10,13H,5,8-9,18H2,1H3,(H,19,20)/b14-12-. The van der Waals surface area contributed by atoms with Crippen LogP contribution in [0.3, 0.4) is 0 Å². The van der Waals surface area contributed by atoms with E-state index < -0.39 is 29.7 Å². The average Bonchev–Trinajstić information content (AvgIpc) is 3.01. The van der Waals surface area contributed by atoms with Crippen LogP contribution in [0.5, 0.6) is 0 Å². The lowest BCUT2D eigenvalue weighted by atomic mass is 9.99. The normalized spacial score (nSPS) is 21.1. The van der Waals surface area contributed by atoms with Crippen molar-refractivity contribution in [2.45, 2.75) is 32.2 Å². The predicted octanol–water partition coefficient (Wildman–Crippen LogP) is 2.25. The van der Waals surface area contributed by atoms with Crippen molar-refractivity contribution in [2.75, 3.05) is 0 Å². The molecular weight excluding hydrogens is 287 g/mol. The maximum absolute atomic E-state index is 14.0. The highest BCUT2D eigenvalue weighted by atomic mass is 19.1. The number of amides is 1. The van der Waals surface area contributed by atoms with Gasteiger partial charge in [0.2, 0.25) is 0 Å². The highest BCUT2D eigenvalue weighted by Gasteiger charge is 2.32. The van der Waals surface area contributed by atoms with Crippen LogP contribution in [-0.4, -0.2) is 17.9 Å². The molecule has 118 valence electrons. The van der Waals surface area contributed by atoms with Crippen molar-refractivity contribution in [3.8, 4) is 0 Å². The van der Waals surface area contributed by atoms with Crippen LogP contribution >= 0.6 is 0 Å². The van der Waals surface area contributed by atoms with E-state index in [0.717, 1.165) is 0 Å². The van der Waals surface area contributed by atoms with Crippen LogP contribution in [0.1, 0.15) is 36.5 Å². The second kappa shape index (κ2) is 7.17. The van der Waals surface area contributed by atoms with Crippen LogP contribution in [0.25, 0.3) is 0 Å². The predicted molar refractivity (Wildman–Crippen MR) is 79.1 cm³/mol. The lowest BCUT2D eigenvalue weighted by Gasteiger charge is -2.14. The van der Waals surface area contributed by atoms with Crippen molar-refractivity contribution in [2.24, 2.45) is 11.7 Å². The molecule has 2 unspecified atom stereocenters. The minimum absolute atomic E-state index is 0.326. The minimum Gasteiger partial charge on any atom is -0.335 e. The summed E-state index contributed by atoms with van der Waals surface area (Å²) in [5.41, 5.74) is 8.37. The van der Waals surface area contributed by atoms with Crippen LogP contribution in [0.15, 0.2) is 41.7 Å². The Kier molecular flexibility index (Phi) is 5.27. The van der Waals surface area contributed by atoms with Gasteiger partial charge in [-0.15, -0.1) is 0 Å². The van der Waals surface area contributed by atoms with Crippen molar-refractivity contribution in [3.63, 3.8) is 0 Å². The van der Waals surface area contributed by atoms with Gasteiger partial charge >= 0.3 is 5.97 Å². The summed E-state index contributed by atoms with van der Waals surface area (Å²) in [4.78, 5) is 28.6. The number of hydroxylamine groups is 1. The largest absolute Gasteiger partial charge is 0.362 e. The number of carbonyl (C=O) groups is 2. The van der Waals surface area contributed by atoms with Gasteiger partial charge in [-0.25, -0.2) is 9.18 Å². The summed E-state index contributed by atoms with van der Waals surface area (Å²) < 4.78 is 14.0. The monoisotopic (exact) mass is 306 g/mol. The lowest BCUT2D eigenvalue weighted by Crippen LogP contribution is -2.33. The van der Waals surface area contributed by atoms with E-state index in [2.05, 4.69) is 5.48 Å². The van der Waals surface area contributed by atoms with Gasteiger partial charge < -0.3 is 10.6 Å². The Balaban J connectivity index is 1.98. The average molecular weight is 306 g/mol. The summed E-state index contributed by atoms with van der Waals surface area (Å²) in [5, 5.41) is 0. The molecule has 2 rings (SSSR count). The zero-order chi connectivity index (χ0) is 16.1. The van der Waals surface area contributed by atoms with Gasteiger partial charge in [0.1, 0.15) is 5.83 Å². The molecule has 1 aliphatic carbocycles. The fourth-order valence-electron chi connectivity index (χ4n) is 2.51. The fraction of sp³-hybridized carbons (Fsp3) is 0.375. The van der Waals surface area contributed by atoms with Gasteiger partial charge in [-0.3, -0.25) is 4.79 Å². The molecule has 0 radical (unpaired) electrons. The number of benzene rings is 1. The van der Waals surface area contributed by atoms with Gasteiger partial charge in [0, 0.05) is 0 Å². The first kappa shape index (κ1) is 16.2. The number of carbonyl (C=O) groups excluding carboxylic acids is 2. The Morgan fingerprint density at radius 1 is 1.36 bits per heavy atom. The third kappa shape index (κ3) is 3.71. The first-order valence-electron chi connectivity index (χ1n) is 7.20. The Bertz CT molecular complexity index is 584. The Morgan fingerprint density at radius 3 is 2.68 bits per heavy atom. The zero-order valence-electron chi connectivity index (χ0n) is 12.3. The molecule has 1 fully saturated rings. The van der Waals surface area contributed by atoms with E-state index in [1.165, 1.54) is 6.92 Å². The molecule has 1 saturated carbocycles. The Labute approximate surface area is 128 Å². The second-order valence-electron chi connectivity index (χ2n) is 5.33. The van der Waals surface area contributed by atoms with E-state index in [-0.39, 0.29) is 0 Å². The molecule has 5 nitrogen and oxygen atoms in total. The van der Waals surface area contributed by atoms with Crippen molar-refractivity contribution < 1.29 is 18.8 Å². The summed E-state index contributed by atoms with van der Waals surface area (Å²) in [7, 11) is 0. The number of hydrogen-bond donors (Lipinski definition) is 2. The van der Waals surface area contributed by atoms with Crippen LogP contribution in [0.4, 0.5) is 4.39 Å². The molecule has 1 aliphatic rings. The highest BCUT2D eigenvalue weighted by Crippen LogP contribution is 2.34. The quantitative estimate of drug-likeness (QED) is 0.839. The molecule has 1 amide bonds. The molecule has 2 atom stereocenters. The number of nitrogens with one attached hydrogen (secondary N) is 1. The van der Waals surface area contributed by atoms with Gasteiger partial charge in [-0.05, 0) is 43.9 Å². The molecular formula is C16H19FN2O3. The van der Waals surface area contributed by atoms with E-state index in [9.17, 15) is 14.0 Å². The zero-order valence-corrected chi connectivity index (χ0v) is 12.3. The summed E-state index contributed by atoms with van der Waals surface area (Å²) in [6, 6.07) is 7.55. The summed E-state index contributed by atoms with van der Waals surface area (Å²) in [6.45, 7) is 1.53. The van der Waals surface area contributed by atoms with Gasteiger partial charge in [-0.2, -0.15) is 5.48 Å². The van der Waals surface area contributed by atoms with E-state index in [4.69, 9.17) is 10.6 Å². The summed E-state index contributed by atoms with van der Waals surface area (Å²) in [6.07, 6.45) is 1.72. The topological polar surface area (TPSA) is 81.4 Å². The molecule has 0 saturated heterocycles. The summed E-state index contributed by atoms with van der Waals surface area (Å²) in [5.74, 6) is -2.26. The maximum atomic E-state index is 14.0. The van der Waals surface area contributed by atoms with Crippen LogP contribution < -0.4 is 11.2 Å². The van der Waals surface area contributed by atoms with Crippen molar-refractivity contribution in [1.82, 2.24) is 5.48 Å². The molecule has 0 aliphatic heterocycles. The summed E-state index contributed by atoms with van der Waals surface area (Å²) >= 11 is 0. The molecule has 22 heavy (non-hydrogen) atoms. The number of hydrogen-bond acceptors (Lipinski definition) is 4. The van der Waals surface area contributed by atoms with Crippen molar-refractivity contribution in [3.05, 3.63) is 47.3 Å². The second-order valence-corrected chi connectivity index (χ2v) is 5.33. The molecule has 3 N–H and O–H groups in total. The molecule has 1 aromatic carbocycles. The molecule has 6 heteroatoms. The highest BCUT2D eigenvalue weighted by molar-refractivity contribution is 5.91. The lowest BCUT2D eigenvalue weighted by molar-refractivity contribution is -0.132. The third-order valence-corrected chi connectivity index (χ3v) is 3.64. The van der Waals surface area contributed by atoms with Gasteiger partial charge in [0.05, 0.1) is 17.5 Å². The molecule has 0 bridgehead atoms.